The third kappa shape index (κ3) is 1.60. The molecule has 1 aliphatic rings. The Kier molecular flexibility index (Phi) is 2.44. The molecule has 1 saturated carbocycles. The minimum atomic E-state index is -0.364. The average molecular weight is 188 g/mol. The summed E-state index contributed by atoms with van der Waals surface area (Å²) in [5.41, 5.74) is 0.660. The number of rotatable bonds is 2. The maximum absolute atomic E-state index is 11.8. The molecule has 14 heavy (non-hydrogen) atoms. The van der Waals surface area contributed by atoms with E-state index in [-0.39, 0.29) is 17.5 Å². The Bertz CT molecular complexity index is 354. The minimum absolute atomic E-state index is 0.00639. The fourth-order valence-electron chi connectivity index (χ4n) is 1.90. The first kappa shape index (κ1) is 9.13. The molecule has 0 spiro atoms. The van der Waals surface area contributed by atoms with Gasteiger partial charge in [-0.15, -0.1) is 0 Å². The Balaban J connectivity index is 2.20. The molecule has 0 aromatic heterocycles. The highest BCUT2D eigenvalue weighted by Crippen LogP contribution is 2.24. The van der Waals surface area contributed by atoms with Crippen molar-refractivity contribution in [2.45, 2.75) is 19.3 Å². The van der Waals surface area contributed by atoms with Crippen molar-refractivity contribution in [2.24, 2.45) is 5.92 Å². The summed E-state index contributed by atoms with van der Waals surface area (Å²) < 4.78 is 0. The number of Topliss-reactive ketones (excluding diaryl/α,β-unsaturated/α-hetero) is 2. The summed E-state index contributed by atoms with van der Waals surface area (Å²) in [5.74, 6) is -0.260. The molecule has 0 bridgehead atoms. The van der Waals surface area contributed by atoms with Gasteiger partial charge in [-0.05, 0) is 12.8 Å². The predicted octanol–water partition coefficient (Wildman–Crippen LogP) is 2.24. The number of carbonyl (C=O) groups is 2. The first-order chi connectivity index (χ1) is 6.79. The van der Waals surface area contributed by atoms with Gasteiger partial charge in [0.25, 0.3) is 0 Å². The zero-order chi connectivity index (χ0) is 9.97. The Morgan fingerprint density at radius 3 is 2.50 bits per heavy atom. The summed E-state index contributed by atoms with van der Waals surface area (Å²) in [6.07, 6.45) is 2.16. The molecule has 1 atom stereocenters. The van der Waals surface area contributed by atoms with E-state index in [4.69, 9.17) is 0 Å². The zero-order valence-electron chi connectivity index (χ0n) is 7.90. The normalized spacial score (nSPS) is 21.1. The van der Waals surface area contributed by atoms with E-state index >= 15 is 0 Å². The smallest absolute Gasteiger partial charge is 0.173 e. The van der Waals surface area contributed by atoms with E-state index in [1.165, 1.54) is 0 Å². The molecule has 1 unspecified atom stereocenters. The van der Waals surface area contributed by atoms with Crippen molar-refractivity contribution < 1.29 is 9.59 Å². The van der Waals surface area contributed by atoms with Gasteiger partial charge in [0.2, 0.25) is 0 Å². The van der Waals surface area contributed by atoms with Crippen LogP contribution in [-0.4, -0.2) is 11.6 Å². The van der Waals surface area contributed by atoms with Gasteiger partial charge in [0, 0.05) is 12.0 Å². The van der Waals surface area contributed by atoms with Crippen molar-refractivity contribution in [3.8, 4) is 0 Å². The van der Waals surface area contributed by atoms with Crippen LogP contribution in [0.4, 0.5) is 0 Å². The van der Waals surface area contributed by atoms with E-state index in [0.717, 1.165) is 12.8 Å². The van der Waals surface area contributed by atoms with Crippen LogP contribution in [0.15, 0.2) is 30.3 Å². The first-order valence-corrected chi connectivity index (χ1v) is 4.91. The van der Waals surface area contributed by atoms with Crippen LogP contribution in [0.2, 0.25) is 0 Å². The fraction of sp³-hybridized carbons (Fsp3) is 0.333. The Morgan fingerprint density at radius 1 is 1.21 bits per heavy atom. The van der Waals surface area contributed by atoms with E-state index in [2.05, 4.69) is 0 Å². The summed E-state index contributed by atoms with van der Waals surface area (Å²) in [6.45, 7) is 0. The molecule has 1 aromatic rings. The lowest BCUT2D eigenvalue weighted by molar-refractivity contribution is -0.119. The topological polar surface area (TPSA) is 34.1 Å². The molecule has 72 valence electrons. The van der Waals surface area contributed by atoms with Gasteiger partial charge >= 0.3 is 0 Å². The molecule has 0 heterocycles. The minimum Gasteiger partial charge on any atom is -0.299 e. The van der Waals surface area contributed by atoms with Crippen molar-refractivity contribution in [1.82, 2.24) is 0 Å². The molecule has 1 fully saturated rings. The van der Waals surface area contributed by atoms with Crippen molar-refractivity contribution in [1.29, 1.82) is 0 Å². The third-order valence-corrected chi connectivity index (χ3v) is 2.68. The summed E-state index contributed by atoms with van der Waals surface area (Å²) in [4.78, 5) is 23.2. The molecule has 0 radical (unpaired) electrons. The fourth-order valence-corrected chi connectivity index (χ4v) is 1.90. The summed E-state index contributed by atoms with van der Waals surface area (Å²) in [6, 6.07) is 9.06. The SMILES string of the molecule is O=C1CCCC1C(=O)c1ccccc1. The van der Waals surface area contributed by atoms with Crippen molar-refractivity contribution in [3.63, 3.8) is 0 Å². The summed E-state index contributed by atoms with van der Waals surface area (Å²) in [7, 11) is 0. The second-order valence-corrected chi connectivity index (χ2v) is 3.64. The number of benzene rings is 1. The lowest BCUT2D eigenvalue weighted by Gasteiger charge is -2.05. The molecule has 0 saturated heterocycles. The highest BCUT2D eigenvalue weighted by molar-refractivity contribution is 6.11. The van der Waals surface area contributed by atoms with Gasteiger partial charge in [-0.2, -0.15) is 0 Å². The van der Waals surface area contributed by atoms with Crippen LogP contribution in [0.3, 0.4) is 0 Å². The second-order valence-electron chi connectivity index (χ2n) is 3.64. The van der Waals surface area contributed by atoms with E-state index < -0.39 is 0 Å². The molecule has 1 aliphatic carbocycles. The Labute approximate surface area is 82.9 Å². The summed E-state index contributed by atoms with van der Waals surface area (Å²) in [5, 5.41) is 0. The second kappa shape index (κ2) is 3.74. The molecule has 0 aliphatic heterocycles. The van der Waals surface area contributed by atoms with Crippen LogP contribution < -0.4 is 0 Å². The first-order valence-electron chi connectivity index (χ1n) is 4.91. The highest BCUT2D eigenvalue weighted by Gasteiger charge is 2.31. The van der Waals surface area contributed by atoms with Crippen LogP contribution in [0.25, 0.3) is 0 Å². The van der Waals surface area contributed by atoms with Gasteiger partial charge in [0.05, 0.1) is 5.92 Å². The van der Waals surface area contributed by atoms with Crippen molar-refractivity contribution in [3.05, 3.63) is 35.9 Å². The quantitative estimate of drug-likeness (QED) is 0.527. The zero-order valence-corrected chi connectivity index (χ0v) is 7.90. The average Bonchev–Trinajstić information content (AvgIpc) is 2.65. The maximum Gasteiger partial charge on any atom is 0.173 e. The number of carbonyl (C=O) groups excluding carboxylic acids is 2. The number of ketones is 2. The molecular formula is C12H12O2. The lowest BCUT2D eigenvalue weighted by atomic mass is 9.96. The molecule has 2 nitrogen and oxygen atoms in total. The highest BCUT2D eigenvalue weighted by atomic mass is 16.2. The molecular weight excluding hydrogens is 176 g/mol. The predicted molar refractivity (Wildman–Crippen MR) is 53.1 cm³/mol. The molecule has 0 N–H and O–H groups in total. The van der Waals surface area contributed by atoms with Gasteiger partial charge in [-0.25, -0.2) is 0 Å². The van der Waals surface area contributed by atoms with E-state index in [1.54, 1.807) is 12.1 Å². The van der Waals surface area contributed by atoms with Crippen LogP contribution in [0.5, 0.6) is 0 Å². The standard InChI is InChI=1S/C12H12O2/c13-11-8-4-7-10(11)12(14)9-5-2-1-3-6-9/h1-3,5-6,10H,4,7-8H2. The van der Waals surface area contributed by atoms with Crippen LogP contribution in [0.1, 0.15) is 29.6 Å². The Hall–Kier alpha value is -1.44. The summed E-state index contributed by atoms with van der Waals surface area (Å²) >= 11 is 0. The van der Waals surface area contributed by atoms with Crippen LogP contribution in [0, 0.1) is 5.92 Å². The van der Waals surface area contributed by atoms with Gasteiger partial charge in [0.15, 0.2) is 5.78 Å². The molecule has 2 heteroatoms. The van der Waals surface area contributed by atoms with E-state index in [9.17, 15) is 9.59 Å². The Morgan fingerprint density at radius 2 is 1.93 bits per heavy atom. The van der Waals surface area contributed by atoms with Crippen molar-refractivity contribution >= 4 is 11.6 Å². The molecule has 0 amide bonds. The maximum atomic E-state index is 11.8. The van der Waals surface area contributed by atoms with E-state index in [1.807, 2.05) is 18.2 Å². The van der Waals surface area contributed by atoms with Crippen LogP contribution in [-0.2, 0) is 4.79 Å². The van der Waals surface area contributed by atoms with Gasteiger partial charge in [0.1, 0.15) is 5.78 Å². The van der Waals surface area contributed by atoms with Gasteiger partial charge < -0.3 is 0 Å². The van der Waals surface area contributed by atoms with E-state index in [0.29, 0.717) is 12.0 Å². The monoisotopic (exact) mass is 188 g/mol. The third-order valence-electron chi connectivity index (χ3n) is 2.68. The van der Waals surface area contributed by atoms with Gasteiger partial charge in [-0.1, -0.05) is 30.3 Å². The number of hydrogen-bond donors (Lipinski definition) is 0. The number of hydrogen-bond acceptors (Lipinski definition) is 2. The van der Waals surface area contributed by atoms with Crippen LogP contribution >= 0.6 is 0 Å². The van der Waals surface area contributed by atoms with Gasteiger partial charge in [-0.3, -0.25) is 9.59 Å². The van der Waals surface area contributed by atoms with Crippen molar-refractivity contribution in [2.75, 3.05) is 0 Å². The lowest BCUT2D eigenvalue weighted by Crippen LogP contribution is -2.18. The molecule has 2 rings (SSSR count). The molecule has 1 aromatic carbocycles. The largest absolute Gasteiger partial charge is 0.299 e.